The van der Waals surface area contributed by atoms with Gasteiger partial charge in [0.05, 0.1) is 6.61 Å². The molecular weight excluding hydrogens is 151 g/mol. The summed E-state index contributed by atoms with van der Waals surface area (Å²) >= 11 is 0. The number of carbonyl (C=O) groups excluding carboxylic acids is 1. The van der Waals surface area contributed by atoms with Crippen molar-refractivity contribution < 1.29 is 19.0 Å². The molecule has 4 heteroatoms. The molecule has 0 fully saturated rings. The lowest BCUT2D eigenvalue weighted by Crippen LogP contribution is -2.04. The molecule has 0 aromatic carbocycles. The van der Waals surface area contributed by atoms with Crippen LogP contribution in [0.2, 0.25) is 0 Å². The van der Waals surface area contributed by atoms with Crippen LogP contribution in [0.4, 0.5) is 4.39 Å². The first-order valence-corrected chi connectivity index (χ1v) is 3.36. The van der Waals surface area contributed by atoms with Gasteiger partial charge in [-0.3, -0.25) is 0 Å². The van der Waals surface area contributed by atoms with E-state index >= 15 is 0 Å². The van der Waals surface area contributed by atoms with Gasteiger partial charge in [-0.15, -0.1) is 0 Å². The summed E-state index contributed by atoms with van der Waals surface area (Å²) in [5.74, 6) is -1.91. The van der Waals surface area contributed by atoms with Gasteiger partial charge in [0.25, 0.3) is 0 Å². The highest BCUT2D eigenvalue weighted by molar-refractivity contribution is 5.85. The second-order valence-electron chi connectivity index (χ2n) is 1.78. The third-order valence-electron chi connectivity index (χ3n) is 0.923. The van der Waals surface area contributed by atoms with Gasteiger partial charge in [0.15, 0.2) is 0 Å². The van der Waals surface area contributed by atoms with Crippen molar-refractivity contribution in [2.75, 3.05) is 13.2 Å². The number of hydrogen-bond acceptors (Lipinski definition) is 3. The van der Waals surface area contributed by atoms with Gasteiger partial charge in [0, 0.05) is 6.61 Å². The first kappa shape index (κ1) is 10.1. The maximum absolute atomic E-state index is 12.4. The number of esters is 1. The molecule has 64 valence electrons. The summed E-state index contributed by atoms with van der Waals surface area (Å²) in [4.78, 5) is 10.5. The number of rotatable bonds is 4. The van der Waals surface area contributed by atoms with E-state index in [0.717, 1.165) is 6.08 Å². The fraction of sp³-hybridized carbons (Fsp3) is 0.571. The highest BCUT2D eigenvalue weighted by Crippen LogP contribution is 2.00. The fourth-order valence-electron chi connectivity index (χ4n) is 0.475. The number of halogens is 1. The molecule has 0 aliphatic carbocycles. The fourth-order valence-corrected chi connectivity index (χ4v) is 0.475. The zero-order valence-corrected chi connectivity index (χ0v) is 6.34. The zero-order chi connectivity index (χ0) is 8.69. The van der Waals surface area contributed by atoms with Gasteiger partial charge in [-0.05, 0) is 19.4 Å². The van der Waals surface area contributed by atoms with Crippen LogP contribution in [-0.2, 0) is 9.53 Å². The minimum Gasteiger partial charge on any atom is -0.461 e. The van der Waals surface area contributed by atoms with E-state index < -0.39 is 11.8 Å². The number of hydrogen-bond donors (Lipinski definition) is 1. The Morgan fingerprint density at radius 3 is 2.82 bits per heavy atom. The van der Waals surface area contributed by atoms with Crippen molar-refractivity contribution >= 4 is 5.97 Å². The van der Waals surface area contributed by atoms with Crippen LogP contribution < -0.4 is 0 Å². The first-order valence-electron chi connectivity index (χ1n) is 3.36. The molecule has 0 aromatic heterocycles. The minimum absolute atomic E-state index is 0.130. The Labute approximate surface area is 64.5 Å². The Morgan fingerprint density at radius 2 is 2.36 bits per heavy atom. The molecule has 0 rings (SSSR count). The molecule has 0 spiro atoms. The number of aliphatic hydroxyl groups is 1. The van der Waals surface area contributed by atoms with E-state index in [1.165, 1.54) is 0 Å². The van der Waals surface area contributed by atoms with Gasteiger partial charge in [0.1, 0.15) is 0 Å². The topological polar surface area (TPSA) is 46.5 Å². The molecule has 0 saturated heterocycles. The lowest BCUT2D eigenvalue weighted by molar-refractivity contribution is -0.140. The standard InChI is InChI=1S/C7H11FO3/c1-2-11-7(10)6(8)4-3-5-9/h4,9H,2-3,5H2,1H3. The maximum atomic E-state index is 12.4. The monoisotopic (exact) mass is 162 g/mol. The van der Waals surface area contributed by atoms with E-state index in [9.17, 15) is 9.18 Å². The average molecular weight is 162 g/mol. The molecule has 0 bridgehead atoms. The molecule has 0 unspecified atom stereocenters. The number of carbonyl (C=O) groups is 1. The highest BCUT2D eigenvalue weighted by Gasteiger charge is 2.07. The van der Waals surface area contributed by atoms with E-state index in [-0.39, 0.29) is 19.6 Å². The maximum Gasteiger partial charge on any atom is 0.366 e. The summed E-state index contributed by atoms with van der Waals surface area (Å²) in [6.07, 6.45) is 1.13. The molecule has 0 amide bonds. The summed E-state index contributed by atoms with van der Waals surface area (Å²) < 4.78 is 16.8. The van der Waals surface area contributed by atoms with Gasteiger partial charge >= 0.3 is 5.97 Å². The molecule has 0 aliphatic heterocycles. The van der Waals surface area contributed by atoms with Gasteiger partial charge in [0.2, 0.25) is 5.83 Å². The van der Waals surface area contributed by atoms with Crippen LogP contribution >= 0.6 is 0 Å². The molecule has 0 radical (unpaired) electrons. The van der Waals surface area contributed by atoms with Crippen molar-refractivity contribution in [1.82, 2.24) is 0 Å². The SMILES string of the molecule is CCOC(=O)C(F)=CCCO. The van der Waals surface area contributed by atoms with Crippen LogP contribution in [0.3, 0.4) is 0 Å². The van der Waals surface area contributed by atoms with Crippen LogP contribution in [0.5, 0.6) is 0 Å². The Balaban J connectivity index is 3.80. The molecule has 0 aromatic rings. The van der Waals surface area contributed by atoms with Gasteiger partial charge < -0.3 is 9.84 Å². The van der Waals surface area contributed by atoms with E-state index in [1.54, 1.807) is 6.92 Å². The smallest absolute Gasteiger partial charge is 0.366 e. The van der Waals surface area contributed by atoms with Gasteiger partial charge in [-0.1, -0.05) is 0 Å². The van der Waals surface area contributed by atoms with E-state index in [0.29, 0.717) is 0 Å². The van der Waals surface area contributed by atoms with E-state index in [2.05, 4.69) is 4.74 Å². The van der Waals surface area contributed by atoms with Crippen LogP contribution in [0.1, 0.15) is 13.3 Å². The van der Waals surface area contributed by atoms with Crippen LogP contribution in [0.15, 0.2) is 11.9 Å². The largest absolute Gasteiger partial charge is 0.461 e. The second-order valence-corrected chi connectivity index (χ2v) is 1.78. The Kier molecular flexibility index (Phi) is 5.37. The van der Waals surface area contributed by atoms with Crippen molar-refractivity contribution in [3.05, 3.63) is 11.9 Å². The van der Waals surface area contributed by atoms with Crippen molar-refractivity contribution in [2.24, 2.45) is 0 Å². The van der Waals surface area contributed by atoms with E-state index in [1.807, 2.05) is 0 Å². The summed E-state index contributed by atoms with van der Waals surface area (Å²) in [6.45, 7) is 1.57. The summed E-state index contributed by atoms with van der Waals surface area (Å²) in [7, 11) is 0. The zero-order valence-electron chi connectivity index (χ0n) is 6.34. The quantitative estimate of drug-likeness (QED) is 0.491. The lowest BCUT2D eigenvalue weighted by atomic mass is 10.4. The molecule has 0 aliphatic rings. The van der Waals surface area contributed by atoms with Crippen molar-refractivity contribution in [2.45, 2.75) is 13.3 Å². The van der Waals surface area contributed by atoms with Gasteiger partial charge in [-0.25, -0.2) is 4.79 Å². The summed E-state index contributed by atoms with van der Waals surface area (Å²) in [6, 6.07) is 0. The predicted octanol–water partition coefficient (Wildman–Crippen LogP) is 0.785. The number of ether oxygens (including phenoxy) is 1. The summed E-state index contributed by atoms with van der Waals surface area (Å²) in [5.41, 5.74) is 0. The molecule has 1 N–H and O–H groups in total. The molecule has 0 atom stereocenters. The predicted molar refractivity (Wildman–Crippen MR) is 37.5 cm³/mol. The molecule has 0 saturated carbocycles. The minimum atomic E-state index is -0.971. The third kappa shape index (κ3) is 4.50. The highest BCUT2D eigenvalue weighted by atomic mass is 19.1. The van der Waals surface area contributed by atoms with Gasteiger partial charge in [-0.2, -0.15) is 4.39 Å². The van der Waals surface area contributed by atoms with E-state index in [4.69, 9.17) is 5.11 Å². The third-order valence-corrected chi connectivity index (χ3v) is 0.923. The van der Waals surface area contributed by atoms with Crippen LogP contribution in [-0.4, -0.2) is 24.3 Å². The normalized spacial score (nSPS) is 11.4. The summed E-state index contributed by atoms with van der Waals surface area (Å²) in [5, 5.41) is 8.26. The molecule has 11 heavy (non-hydrogen) atoms. The molecule has 3 nitrogen and oxygen atoms in total. The first-order chi connectivity index (χ1) is 5.22. The van der Waals surface area contributed by atoms with Crippen LogP contribution in [0, 0.1) is 0 Å². The average Bonchev–Trinajstić information content (AvgIpc) is 2.00. The van der Waals surface area contributed by atoms with Crippen molar-refractivity contribution in [3.8, 4) is 0 Å². The van der Waals surface area contributed by atoms with Crippen molar-refractivity contribution in [1.29, 1.82) is 0 Å². The Bertz CT molecular complexity index is 154. The Morgan fingerprint density at radius 1 is 1.73 bits per heavy atom. The second kappa shape index (κ2) is 5.85. The van der Waals surface area contributed by atoms with Crippen molar-refractivity contribution in [3.63, 3.8) is 0 Å². The number of aliphatic hydroxyl groups excluding tert-OH is 1. The molecular formula is C7H11FO3. The Hall–Kier alpha value is -0.900. The van der Waals surface area contributed by atoms with Crippen LogP contribution in [0.25, 0.3) is 0 Å². The molecule has 0 heterocycles. The lowest BCUT2D eigenvalue weighted by Gasteiger charge is -1.96.